The summed E-state index contributed by atoms with van der Waals surface area (Å²) in [7, 11) is 0. The molecule has 0 radical (unpaired) electrons. The molecule has 9 atom stereocenters. The fourth-order valence-corrected chi connectivity index (χ4v) is 9.18. The lowest BCUT2D eigenvalue weighted by atomic mass is 9.43. The van der Waals surface area contributed by atoms with Gasteiger partial charge in [0.2, 0.25) is 0 Å². The molecule has 4 saturated carbocycles. The van der Waals surface area contributed by atoms with Crippen molar-refractivity contribution in [3.8, 4) is 0 Å². The van der Waals surface area contributed by atoms with E-state index in [2.05, 4.69) is 13.8 Å². The van der Waals surface area contributed by atoms with E-state index in [1.54, 1.807) is 6.08 Å². The first-order valence-corrected chi connectivity index (χ1v) is 13.1. The third-order valence-electron chi connectivity index (χ3n) is 11.1. The highest BCUT2D eigenvalue weighted by atomic mass is 16.5. The maximum Gasteiger partial charge on any atom is 0.331 e. The summed E-state index contributed by atoms with van der Waals surface area (Å²) >= 11 is 0. The van der Waals surface area contributed by atoms with Gasteiger partial charge in [-0.25, -0.2) is 4.79 Å². The van der Waals surface area contributed by atoms with Crippen molar-refractivity contribution >= 4 is 17.7 Å². The predicted molar refractivity (Wildman–Crippen MR) is 124 cm³/mol. The van der Waals surface area contributed by atoms with E-state index in [0.717, 1.165) is 38.5 Å². The van der Waals surface area contributed by atoms with Gasteiger partial charge in [0.05, 0.1) is 0 Å². The Morgan fingerprint density at radius 2 is 1.82 bits per heavy atom. The normalized spacial score (nSPS) is 46.5. The minimum absolute atomic E-state index is 0.0927. The average molecular weight is 474 g/mol. The number of hydrogen-bond donors (Lipinski definition) is 3. The Morgan fingerprint density at radius 1 is 1.09 bits per heavy atom. The number of aliphatic carboxylic acids is 1. The molecule has 0 aromatic carbocycles. The third kappa shape index (κ3) is 3.57. The van der Waals surface area contributed by atoms with Crippen LogP contribution in [0.1, 0.15) is 78.1 Å². The highest BCUT2D eigenvalue weighted by Crippen LogP contribution is 2.68. The van der Waals surface area contributed by atoms with Gasteiger partial charge in [-0.05, 0) is 104 Å². The molecule has 0 aromatic rings. The van der Waals surface area contributed by atoms with Crippen LogP contribution in [-0.2, 0) is 19.1 Å². The molecule has 0 saturated heterocycles. The van der Waals surface area contributed by atoms with Crippen LogP contribution in [0.3, 0.4) is 0 Å². The fourth-order valence-electron chi connectivity index (χ4n) is 9.18. The number of esters is 1. The molecule has 0 unspecified atom stereocenters. The number of carboxylic acids is 1. The van der Waals surface area contributed by atoms with Crippen molar-refractivity contribution in [3.63, 3.8) is 0 Å². The lowest BCUT2D eigenvalue weighted by Crippen LogP contribution is -2.58. The molecule has 4 aliphatic carbocycles. The SMILES string of the molecule is C[C@]12CC[C@](O)(C(=O)C[C@H](N)C(=O)O)C[C@H]1CC[C@@H]1[C@@H]2CC[C@]2(C)[C@@H](C3=CC(=O)OC3)CC[C@@H]12. The number of ether oxygens (including phenoxy) is 1. The van der Waals surface area contributed by atoms with Gasteiger partial charge in [-0.2, -0.15) is 0 Å². The first kappa shape index (κ1) is 24.0. The van der Waals surface area contributed by atoms with Gasteiger partial charge >= 0.3 is 11.9 Å². The summed E-state index contributed by atoms with van der Waals surface area (Å²) in [6.45, 7) is 5.27. The number of Topliss-reactive ketones (excluding diaryl/α,β-unsaturated/α-hetero) is 1. The lowest BCUT2D eigenvalue weighted by molar-refractivity contribution is -0.167. The van der Waals surface area contributed by atoms with E-state index in [1.165, 1.54) is 12.0 Å². The second-order valence-electron chi connectivity index (χ2n) is 12.5. The van der Waals surface area contributed by atoms with Gasteiger partial charge in [-0.3, -0.25) is 9.59 Å². The summed E-state index contributed by atoms with van der Waals surface area (Å²) in [6, 6.07) is -1.26. The van der Waals surface area contributed by atoms with Crippen molar-refractivity contribution in [2.24, 2.45) is 46.2 Å². The second-order valence-corrected chi connectivity index (χ2v) is 12.5. The van der Waals surface area contributed by atoms with Crippen LogP contribution in [0.5, 0.6) is 0 Å². The van der Waals surface area contributed by atoms with E-state index < -0.39 is 23.4 Å². The lowest BCUT2D eigenvalue weighted by Gasteiger charge is -2.62. The van der Waals surface area contributed by atoms with Crippen molar-refractivity contribution in [1.29, 1.82) is 0 Å². The molecule has 0 amide bonds. The van der Waals surface area contributed by atoms with Gasteiger partial charge in [0.1, 0.15) is 18.2 Å². The second kappa shape index (κ2) is 8.16. The Balaban J connectivity index is 1.32. The van der Waals surface area contributed by atoms with Crippen molar-refractivity contribution < 1.29 is 29.3 Å². The summed E-state index contributed by atoms with van der Waals surface area (Å²) in [5.41, 5.74) is 5.63. The first-order valence-electron chi connectivity index (χ1n) is 13.1. The van der Waals surface area contributed by atoms with Crippen LogP contribution < -0.4 is 5.73 Å². The molecular formula is C27H39NO6. The van der Waals surface area contributed by atoms with Crippen LogP contribution in [0, 0.1) is 40.4 Å². The van der Waals surface area contributed by atoms with E-state index in [-0.39, 0.29) is 29.1 Å². The number of cyclic esters (lactones) is 1. The van der Waals surface area contributed by atoms with Gasteiger partial charge in [0, 0.05) is 12.5 Å². The topological polar surface area (TPSA) is 127 Å². The fraction of sp³-hybridized carbons (Fsp3) is 0.815. The Kier molecular flexibility index (Phi) is 5.75. The van der Waals surface area contributed by atoms with E-state index in [4.69, 9.17) is 15.6 Å². The minimum Gasteiger partial charge on any atom is -0.480 e. The van der Waals surface area contributed by atoms with Crippen molar-refractivity contribution in [2.75, 3.05) is 6.61 Å². The average Bonchev–Trinajstić information content (AvgIpc) is 3.36. The molecule has 0 spiro atoms. The Labute approximate surface area is 201 Å². The molecule has 7 nitrogen and oxygen atoms in total. The third-order valence-corrected chi connectivity index (χ3v) is 11.1. The molecular weight excluding hydrogens is 434 g/mol. The summed E-state index contributed by atoms with van der Waals surface area (Å²) in [4.78, 5) is 35.7. The molecule has 1 heterocycles. The number of hydrogen-bond acceptors (Lipinski definition) is 6. The highest BCUT2D eigenvalue weighted by molar-refractivity contribution is 5.91. The molecule has 4 N–H and O–H groups in total. The Morgan fingerprint density at radius 3 is 2.50 bits per heavy atom. The van der Waals surface area contributed by atoms with Crippen molar-refractivity contribution in [1.82, 2.24) is 0 Å². The number of carboxylic acid groups (broad SMARTS) is 1. The number of rotatable bonds is 5. The maximum absolute atomic E-state index is 12.8. The van der Waals surface area contributed by atoms with Crippen LogP contribution in [0.4, 0.5) is 0 Å². The quantitative estimate of drug-likeness (QED) is 0.523. The molecule has 1 aliphatic heterocycles. The molecule has 188 valence electrons. The zero-order valence-electron chi connectivity index (χ0n) is 20.4. The zero-order chi connectivity index (χ0) is 24.5. The molecule has 34 heavy (non-hydrogen) atoms. The van der Waals surface area contributed by atoms with Gasteiger partial charge < -0.3 is 20.7 Å². The van der Waals surface area contributed by atoms with Crippen molar-refractivity contribution in [2.45, 2.75) is 89.7 Å². The van der Waals surface area contributed by atoms with Crippen LogP contribution in [0.25, 0.3) is 0 Å². The molecule has 5 aliphatic rings. The molecule has 0 bridgehead atoms. The number of carbonyl (C=O) groups is 3. The first-order chi connectivity index (χ1) is 16.0. The monoisotopic (exact) mass is 473 g/mol. The summed E-state index contributed by atoms with van der Waals surface area (Å²) < 4.78 is 5.25. The van der Waals surface area contributed by atoms with Gasteiger partial charge in [0.25, 0.3) is 0 Å². The largest absolute Gasteiger partial charge is 0.480 e. The predicted octanol–water partition coefficient (Wildman–Crippen LogP) is 3.23. The number of nitrogens with two attached hydrogens (primary N) is 1. The molecule has 0 aromatic heterocycles. The van der Waals surface area contributed by atoms with E-state index >= 15 is 0 Å². The molecule has 4 fully saturated rings. The van der Waals surface area contributed by atoms with Crippen molar-refractivity contribution in [3.05, 3.63) is 11.6 Å². The van der Waals surface area contributed by atoms with E-state index in [1.807, 2.05) is 0 Å². The molecule has 5 rings (SSSR count). The Hall–Kier alpha value is -1.73. The van der Waals surface area contributed by atoms with Gasteiger partial charge in [0.15, 0.2) is 5.78 Å². The summed E-state index contributed by atoms with van der Waals surface area (Å²) in [5.74, 6) is 0.750. The zero-order valence-corrected chi connectivity index (χ0v) is 20.4. The smallest absolute Gasteiger partial charge is 0.331 e. The highest BCUT2D eigenvalue weighted by Gasteiger charge is 2.62. The van der Waals surface area contributed by atoms with Crippen LogP contribution >= 0.6 is 0 Å². The number of aliphatic hydroxyl groups is 1. The maximum atomic E-state index is 12.8. The van der Waals surface area contributed by atoms with E-state index in [0.29, 0.717) is 43.1 Å². The van der Waals surface area contributed by atoms with E-state index in [9.17, 15) is 19.5 Å². The summed E-state index contributed by atoms with van der Waals surface area (Å²) in [5, 5.41) is 20.3. The van der Waals surface area contributed by atoms with Crippen LogP contribution in [0.15, 0.2) is 11.6 Å². The van der Waals surface area contributed by atoms with Crippen LogP contribution in [0.2, 0.25) is 0 Å². The summed E-state index contributed by atoms with van der Waals surface area (Å²) in [6.07, 6.45) is 9.78. The minimum atomic E-state index is -1.45. The van der Waals surface area contributed by atoms with Gasteiger partial charge in [-0.1, -0.05) is 13.8 Å². The van der Waals surface area contributed by atoms with Gasteiger partial charge in [-0.15, -0.1) is 0 Å². The molecule has 7 heteroatoms. The number of fused-ring (bicyclic) bond motifs is 5. The van der Waals surface area contributed by atoms with Crippen LogP contribution in [-0.4, -0.2) is 46.2 Å². The number of carbonyl (C=O) groups excluding carboxylic acids is 2. The standard InChI is InChI=1S/C27H39NO6/c1-25-9-10-27(33,22(29)12-21(28)24(31)32)13-16(25)3-4-17-19-6-5-18(15-11-23(30)34-14-15)26(19,2)8-7-20(17)25/h11,16-21,33H,3-10,12-14,28H2,1-2H3,(H,31,32)/t16-,17+,18-,19+,20+,21+,25+,26-,27-/m1/s1. The number of ketones is 1. The Bertz CT molecular complexity index is 930.